The van der Waals surface area contributed by atoms with Gasteiger partial charge in [0.15, 0.2) is 0 Å². The summed E-state index contributed by atoms with van der Waals surface area (Å²) >= 11 is 0. The normalized spacial score (nSPS) is 13.7. The van der Waals surface area contributed by atoms with Gasteiger partial charge in [-0.15, -0.1) is 6.58 Å². The van der Waals surface area contributed by atoms with E-state index < -0.39 is 18.1 Å². The van der Waals surface area contributed by atoms with Crippen LogP contribution in [0.2, 0.25) is 0 Å². The molecule has 160 valence electrons. The van der Waals surface area contributed by atoms with E-state index in [2.05, 4.69) is 17.2 Å². The minimum absolute atomic E-state index is 0.0232. The van der Waals surface area contributed by atoms with E-state index in [1.54, 1.807) is 18.2 Å². The Morgan fingerprint density at radius 3 is 2.27 bits per heavy atom. The molecular weight excluding hydrogens is 380 g/mol. The Bertz CT molecular complexity index is 795. The average molecular weight is 411 g/mol. The predicted molar refractivity (Wildman–Crippen MR) is 116 cm³/mol. The van der Waals surface area contributed by atoms with Gasteiger partial charge in [0.2, 0.25) is 11.8 Å². The number of rotatable bonds is 12. The van der Waals surface area contributed by atoms with Gasteiger partial charge in [-0.25, -0.2) is 0 Å². The zero-order valence-corrected chi connectivity index (χ0v) is 17.0. The average Bonchev–Trinajstić information content (AvgIpc) is 2.77. The van der Waals surface area contributed by atoms with Crippen LogP contribution >= 0.6 is 0 Å². The van der Waals surface area contributed by atoms with Gasteiger partial charge in [0.25, 0.3) is 0 Å². The molecule has 0 radical (unpaired) electrons. The predicted octanol–water partition coefficient (Wildman–Crippen LogP) is 2.14. The Balaban J connectivity index is 1.87. The number of amides is 2. The first-order valence-electron chi connectivity index (χ1n) is 10.1. The van der Waals surface area contributed by atoms with Gasteiger partial charge in [-0.2, -0.15) is 0 Å². The second-order valence-electron chi connectivity index (χ2n) is 7.23. The second-order valence-corrected chi connectivity index (χ2v) is 7.23. The fourth-order valence-corrected chi connectivity index (χ4v) is 3.19. The standard InChI is InChI=1S/C24H30N2O4/c1-2-9-20(24(30)25-16-22(28)19-12-7-4-8-13-19)15-23(29)26-21(17-27)14-18-10-5-3-6-11-18/h2-8,10-13,20-22,27-28H,1,9,14-17H2,(H,25,30)(H,26,29)/t20-,21+,22+/m1/s1. The van der Waals surface area contributed by atoms with E-state index in [-0.39, 0.29) is 31.4 Å². The zero-order valence-electron chi connectivity index (χ0n) is 17.0. The number of carbonyl (C=O) groups is 2. The van der Waals surface area contributed by atoms with Crippen molar-refractivity contribution in [3.8, 4) is 0 Å². The highest BCUT2D eigenvalue weighted by molar-refractivity contribution is 5.86. The highest BCUT2D eigenvalue weighted by Crippen LogP contribution is 2.14. The number of carbonyl (C=O) groups excluding carboxylic acids is 2. The van der Waals surface area contributed by atoms with Crippen LogP contribution < -0.4 is 10.6 Å². The van der Waals surface area contributed by atoms with Crippen molar-refractivity contribution in [2.75, 3.05) is 13.2 Å². The van der Waals surface area contributed by atoms with Gasteiger partial charge < -0.3 is 20.8 Å². The molecule has 2 amide bonds. The lowest BCUT2D eigenvalue weighted by Gasteiger charge is -2.20. The molecule has 0 aromatic heterocycles. The maximum atomic E-state index is 12.6. The molecule has 6 heteroatoms. The summed E-state index contributed by atoms with van der Waals surface area (Å²) in [6.07, 6.45) is 1.59. The first-order valence-corrected chi connectivity index (χ1v) is 10.1. The Hall–Kier alpha value is -2.96. The number of benzene rings is 2. The van der Waals surface area contributed by atoms with E-state index in [9.17, 15) is 19.8 Å². The fourth-order valence-electron chi connectivity index (χ4n) is 3.19. The minimum Gasteiger partial charge on any atom is -0.394 e. The van der Waals surface area contributed by atoms with Gasteiger partial charge in [-0.1, -0.05) is 66.7 Å². The van der Waals surface area contributed by atoms with Gasteiger partial charge in [-0.3, -0.25) is 9.59 Å². The van der Waals surface area contributed by atoms with E-state index in [4.69, 9.17) is 0 Å². The fraction of sp³-hybridized carbons (Fsp3) is 0.333. The van der Waals surface area contributed by atoms with Crippen molar-refractivity contribution in [3.63, 3.8) is 0 Å². The quantitative estimate of drug-likeness (QED) is 0.403. The van der Waals surface area contributed by atoms with Gasteiger partial charge in [0.05, 0.1) is 24.7 Å². The van der Waals surface area contributed by atoms with Gasteiger partial charge >= 0.3 is 0 Å². The van der Waals surface area contributed by atoms with Crippen LogP contribution in [0.5, 0.6) is 0 Å². The largest absolute Gasteiger partial charge is 0.394 e. The maximum Gasteiger partial charge on any atom is 0.224 e. The number of aliphatic hydroxyl groups is 2. The van der Waals surface area contributed by atoms with Crippen molar-refractivity contribution < 1.29 is 19.8 Å². The summed E-state index contributed by atoms with van der Waals surface area (Å²) in [6, 6.07) is 18.2. The topological polar surface area (TPSA) is 98.7 Å². The molecule has 0 heterocycles. The van der Waals surface area contributed by atoms with Crippen molar-refractivity contribution >= 4 is 11.8 Å². The number of allylic oxidation sites excluding steroid dienone is 1. The van der Waals surface area contributed by atoms with Crippen LogP contribution in [-0.2, 0) is 16.0 Å². The van der Waals surface area contributed by atoms with Gasteiger partial charge in [0, 0.05) is 13.0 Å². The molecule has 0 aliphatic rings. The number of hydrogen-bond acceptors (Lipinski definition) is 4. The third-order valence-electron chi connectivity index (χ3n) is 4.82. The second kappa shape index (κ2) is 12.6. The summed E-state index contributed by atoms with van der Waals surface area (Å²) < 4.78 is 0. The molecule has 2 rings (SSSR count). The van der Waals surface area contributed by atoms with E-state index in [0.29, 0.717) is 18.4 Å². The Morgan fingerprint density at radius 2 is 1.67 bits per heavy atom. The lowest BCUT2D eigenvalue weighted by Crippen LogP contribution is -2.42. The molecule has 0 unspecified atom stereocenters. The summed E-state index contributed by atoms with van der Waals surface area (Å²) in [4.78, 5) is 25.0. The Kier molecular flexibility index (Phi) is 9.77. The molecule has 0 saturated heterocycles. The number of hydrogen-bond donors (Lipinski definition) is 4. The molecular formula is C24H30N2O4. The molecule has 2 aromatic carbocycles. The molecule has 2 aromatic rings. The van der Waals surface area contributed by atoms with Crippen LogP contribution in [0.25, 0.3) is 0 Å². The van der Waals surface area contributed by atoms with Gasteiger partial charge in [-0.05, 0) is 24.0 Å². The van der Waals surface area contributed by atoms with E-state index in [0.717, 1.165) is 5.56 Å². The SMILES string of the molecule is C=CC[C@H](CC(=O)N[C@H](CO)Cc1ccccc1)C(=O)NC[C@H](O)c1ccccc1. The van der Waals surface area contributed by atoms with Crippen molar-refractivity contribution in [2.24, 2.45) is 5.92 Å². The molecule has 0 bridgehead atoms. The smallest absolute Gasteiger partial charge is 0.224 e. The molecule has 0 fully saturated rings. The van der Waals surface area contributed by atoms with E-state index in [1.807, 2.05) is 48.5 Å². The molecule has 30 heavy (non-hydrogen) atoms. The summed E-state index contributed by atoms with van der Waals surface area (Å²) in [5.41, 5.74) is 1.72. The first kappa shape index (κ1) is 23.3. The van der Waals surface area contributed by atoms with Crippen LogP contribution in [0, 0.1) is 5.92 Å². The molecule has 0 aliphatic heterocycles. The third kappa shape index (κ3) is 7.81. The zero-order chi connectivity index (χ0) is 21.8. The highest BCUT2D eigenvalue weighted by Gasteiger charge is 2.23. The maximum absolute atomic E-state index is 12.6. The Morgan fingerprint density at radius 1 is 1.03 bits per heavy atom. The van der Waals surface area contributed by atoms with Crippen molar-refractivity contribution in [1.82, 2.24) is 10.6 Å². The summed E-state index contributed by atoms with van der Waals surface area (Å²) in [6.45, 7) is 3.53. The number of nitrogens with one attached hydrogen (secondary N) is 2. The van der Waals surface area contributed by atoms with Crippen LogP contribution in [0.3, 0.4) is 0 Å². The molecule has 3 atom stereocenters. The minimum atomic E-state index is -0.821. The molecule has 4 N–H and O–H groups in total. The first-order chi connectivity index (χ1) is 14.5. The van der Waals surface area contributed by atoms with E-state index >= 15 is 0 Å². The molecule has 6 nitrogen and oxygen atoms in total. The van der Waals surface area contributed by atoms with Crippen molar-refractivity contribution in [3.05, 3.63) is 84.4 Å². The Labute approximate surface area is 177 Å². The van der Waals surface area contributed by atoms with E-state index in [1.165, 1.54) is 0 Å². The monoisotopic (exact) mass is 410 g/mol. The van der Waals surface area contributed by atoms with Crippen molar-refractivity contribution in [1.29, 1.82) is 0 Å². The molecule has 0 spiro atoms. The summed E-state index contributed by atoms with van der Waals surface area (Å²) in [5, 5.41) is 25.3. The van der Waals surface area contributed by atoms with Crippen LogP contribution in [0.4, 0.5) is 0 Å². The van der Waals surface area contributed by atoms with Crippen molar-refractivity contribution in [2.45, 2.75) is 31.4 Å². The van der Waals surface area contributed by atoms with Crippen LogP contribution in [0.15, 0.2) is 73.3 Å². The number of aliphatic hydroxyl groups excluding tert-OH is 2. The lowest BCUT2D eigenvalue weighted by molar-refractivity contribution is -0.131. The molecule has 0 saturated carbocycles. The highest BCUT2D eigenvalue weighted by atomic mass is 16.3. The van der Waals surface area contributed by atoms with Crippen LogP contribution in [0.1, 0.15) is 30.1 Å². The third-order valence-corrected chi connectivity index (χ3v) is 4.82. The van der Waals surface area contributed by atoms with Gasteiger partial charge in [0.1, 0.15) is 0 Å². The molecule has 0 aliphatic carbocycles. The van der Waals surface area contributed by atoms with Crippen LogP contribution in [-0.4, -0.2) is 41.2 Å². The lowest BCUT2D eigenvalue weighted by atomic mass is 9.98. The summed E-state index contributed by atoms with van der Waals surface area (Å²) in [7, 11) is 0. The summed E-state index contributed by atoms with van der Waals surface area (Å²) in [5.74, 6) is -1.22.